The summed E-state index contributed by atoms with van der Waals surface area (Å²) in [5.41, 5.74) is 9.33. The molecular weight excluding hydrogens is 480 g/mol. The fourth-order valence-corrected chi connectivity index (χ4v) is 4.62. The first-order valence-electron chi connectivity index (χ1n) is 13.4. The summed E-state index contributed by atoms with van der Waals surface area (Å²) in [7, 11) is 6.67. The largest absolute Gasteiger partial charge is 0.366 e. The monoisotopic (exact) mass is 515 g/mol. The highest BCUT2D eigenvalue weighted by Crippen LogP contribution is 2.36. The van der Waals surface area contributed by atoms with Crippen molar-refractivity contribution < 1.29 is 4.48 Å². The molecule has 0 radical (unpaired) electrons. The lowest BCUT2D eigenvalue weighted by Gasteiger charge is -2.29. The lowest BCUT2D eigenvalue weighted by atomic mass is 10.1. The molecule has 0 atom stereocenters. The molecule has 1 aliphatic rings. The van der Waals surface area contributed by atoms with Gasteiger partial charge in [-0.15, -0.1) is 5.10 Å². The quantitative estimate of drug-likeness (QED) is 0.0868. The Morgan fingerprint density at radius 3 is 1.69 bits per heavy atom. The molecule has 0 unspecified atom stereocenters. The highest BCUT2D eigenvalue weighted by molar-refractivity contribution is 6.24. The molecule has 4 aromatic rings. The van der Waals surface area contributed by atoms with Gasteiger partial charge >= 0.3 is 0 Å². The Hall–Kier alpha value is -4.42. The SMILES string of the molecule is CCN(CC[N+](C)(C)C)c1ccc(N=Nc2ccc(/C=N/N=C3c4ccccc4-c4ccccc43)cc2)cc1. The molecule has 5 rings (SSSR count). The molecule has 0 fully saturated rings. The van der Waals surface area contributed by atoms with Gasteiger partial charge in [0, 0.05) is 23.4 Å². The molecule has 0 saturated heterocycles. The maximum absolute atomic E-state index is 4.59. The van der Waals surface area contributed by atoms with Crippen molar-refractivity contribution in [2.45, 2.75) is 6.92 Å². The van der Waals surface area contributed by atoms with Gasteiger partial charge in [-0.05, 0) is 60.0 Å². The Morgan fingerprint density at radius 2 is 1.18 bits per heavy atom. The average Bonchev–Trinajstić information content (AvgIpc) is 3.27. The first-order chi connectivity index (χ1) is 18.9. The molecule has 0 aromatic heterocycles. The maximum Gasteiger partial charge on any atom is 0.101 e. The van der Waals surface area contributed by atoms with Crippen LogP contribution >= 0.6 is 0 Å². The van der Waals surface area contributed by atoms with Crippen LogP contribution in [-0.2, 0) is 0 Å². The van der Waals surface area contributed by atoms with E-state index in [0.717, 1.165) is 57.9 Å². The molecule has 0 heterocycles. The van der Waals surface area contributed by atoms with E-state index in [1.807, 2.05) is 48.5 Å². The van der Waals surface area contributed by atoms with Gasteiger partial charge in [0.2, 0.25) is 0 Å². The van der Waals surface area contributed by atoms with Crippen LogP contribution < -0.4 is 4.90 Å². The standard InChI is InChI=1S/C33H35N6/c1-5-38(22-23-39(2,3)4)28-20-18-27(19-21-28)36-35-26-16-14-25(15-17-26)24-34-37-33-31-12-8-6-10-29(31)30-11-7-9-13-32(30)33/h6-21,24H,5,22-23H2,1-4H3/q+1/b34-24+,36-35?. The number of anilines is 1. The smallest absolute Gasteiger partial charge is 0.101 e. The number of benzene rings is 4. The predicted molar refractivity (Wildman–Crippen MR) is 163 cm³/mol. The maximum atomic E-state index is 4.59. The molecule has 0 bridgehead atoms. The summed E-state index contributed by atoms with van der Waals surface area (Å²) >= 11 is 0. The van der Waals surface area contributed by atoms with Gasteiger partial charge < -0.3 is 9.38 Å². The van der Waals surface area contributed by atoms with E-state index in [9.17, 15) is 0 Å². The predicted octanol–water partition coefficient (Wildman–Crippen LogP) is 7.49. The van der Waals surface area contributed by atoms with Crippen LogP contribution in [-0.4, -0.2) is 57.2 Å². The Kier molecular flexibility index (Phi) is 7.75. The summed E-state index contributed by atoms with van der Waals surface area (Å²) in [5.74, 6) is 0. The molecule has 39 heavy (non-hydrogen) atoms. The van der Waals surface area contributed by atoms with E-state index >= 15 is 0 Å². The second kappa shape index (κ2) is 11.5. The van der Waals surface area contributed by atoms with Crippen LogP contribution in [0.15, 0.2) is 117 Å². The Labute approximate surface area is 231 Å². The summed E-state index contributed by atoms with van der Waals surface area (Å²) in [4.78, 5) is 2.39. The van der Waals surface area contributed by atoms with Crippen LogP contribution in [0.1, 0.15) is 23.6 Å². The third kappa shape index (κ3) is 6.36. The van der Waals surface area contributed by atoms with Gasteiger partial charge in [0.15, 0.2) is 0 Å². The number of azo groups is 1. The zero-order valence-electron chi connectivity index (χ0n) is 23.1. The van der Waals surface area contributed by atoms with Crippen molar-refractivity contribution in [2.24, 2.45) is 20.4 Å². The minimum Gasteiger partial charge on any atom is -0.366 e. The van der Waals surface area contributed by atoms with Crippen molar-refractivity contribution in [1.82, 2.24) is 0 Å². The summed E-state index contributed by atoms with van der Waals surface area (Å²) < 4.78 is 0.949. The van der Waals surface area contributed by atoms with Crippen molar-refractivity contribution in [2.75, 3.05) is 45.7 Å². The van der Waals surface area contributed by atoms with Gasteiger partial charge in [0.1, 0.15) is 5.71 Å². The third-order valence-corrected chi connectivity index (χ3v) is 6.83. The number of quaternary nitrogens is 1. The van der Waals surface area contributed by atoms with Crippen molar-refractivity contribution in [3.8, 4) is 11.1 Å². The van der Waals surface area contributed by atoms with Gasteiger partial charge in [-0.25, -0.2) is 0 Å². The number of likely N-dealkylation sites (N-methyl/N-ethyl adjacent to an activating group) is 2. The van der Waals surface area contributed by atoms with E-state index < -0.39 is 0 Å². The molecule has 6 heteroatoms. The van der Waals surface area contributed by atoms with Gasteiger partial charge in [0.25, 0.3) is 0 Å². The first-order valence-corrected chi connectivity index (χ1v) is 13.4. The number of hydrogen-bond acceptors (Lipinski definition) is 5. The number of nitrogens with zero attached hydrogens (tertiary/aromatic N) is 6. The summed E-state index contributed by atoms with van der Waals surface area (Å²) in [6.07, 6.45) is 1.77. The molecule has 0 amide bonds. The average molecular weight is 516 g/mol. The molecule has 6 nitrogen and oxygen atoms in total. The molecule has 0 aliphatic heterocycles. The summed E-state index contributed by atoms with van der Waals surface area (Å²) in [6, 6.07) is 32.8. The van der Waals surface area contributed by atoms with Crippen LogP contribution in [0.4, 0.5) is 17.1 Å². The normalized spacial score (nSPS) is 12.7. The number of rotatable bonds is 9. The van der Waals surface area contributed by atoms with Crippen LogP contribution in [0.5, 0.6) is 0 Å². The molecule has 0 N–H and O–H groups in total. The molecule has 196 valence electrons. The number of fused-ring (bicyclic) bond motifs is 3. The van der Waals surface area contributed by atoms with Gasteiger partial charge in [-0.3, -0.25) is 0 Å². The van der Waals surface area contributed by atoms with Gasteiger partial charge in [-0.2, -0.15) is 15.3 Å². The third-order valence-electron chi connectivity index (χ3n) is 6.83. The van der Waals surface area contributed by atoms with E-state index in [0.29, 0.717) is 0 Å². The summed E-state index contributed by atoms with van der Waals surface area (Å²) in [6.45, 7) is 5.27. The molecule has 0 spiro atoms. The zero-order chi connectivity index (χ0) is 27.2. The zero-order valence-corrected chi connectivity index (χ0v) is 23.1. The van der Waals surface area contributed by atoms with Crippen molar-refractivity contribution in [3.63, 3.8) is 0 Å². The first kappa shape index (κ1) is 26.2. The van der Waals surface area contributed by atoms with Crippen molar-refractivity contribution in [1.29, 1.82) is 0 Å². The fourth-order valence-electron chi connectivity index (χ4n) is 4.62. The van der Waals surface area contributed by atoms with Crippen LogP contribution in [0.25, 0.3) is 11.1 Å². The van der Waals surface area contributed by atoms with E-state index in [1.54, 1.807) is 6.21 Å². The van der Waals surface area contributed by atoms with Crippen LogP contribution in [0, 0.1) is 0 Å². The van der Waals surface area contributed by atoms with Crippen LogP contribution in [0.3, 0.4) is 0 Å². The second-order valence-electron chi connectivity index (χ2n) is 10.7. The topological polar surface area (TPSA) is 52.7 Å². The van der Waals surface area contributed by atoms with E-state index in [1.165, 1.54) is 16.8 Å². The van der Waals surface area contributed by atoms with E-state index in [-0.39, 0.29) is 0 Å². The molecule has 1 aliphatic carbocycles. The Balaban J connectivity index is 1.23. The second-order valence-corrected chi connectivity index (χ2v) is 10.7. The molecule has 0 saturated carbocycles. The van der Waals surface area contributed by atoms with Crippen molar-refractivity contribution >= 4 is 29.0 Å². The Bertz CT molecular complexity index is 1460. The lowest BCUT2D eigenvalue weighted by Crippen LogP contribution is -2.42. The lowest BCUT2D eigenvalue weighted by molar-refractivity contribution is -0.868. The highest BCUT2D eigenvalue weighted by atomic mass is 15.3. The van der Waals surface area contributed by atoms with Gasteiger partial charge in [0.05, 0.1) is 51.8 Å². The fraction of sp³-hybridized carbons (Fsp3) is 0.212. The highest BCUT2D eigenvalue weighted by Gasteiger charge is 2.23. The molecule has 4 aromatic carbocycles. The Morgan fingerprint density at radius 1 is 0.667 bits per heavy atom. The number of hydrogen-bond donors (Lipinski definition) is 0. The minimum atomic E-state index is 0.791. The summed E-state index contributed by atoms with van der Waals surface area (Å²) in [5, 5.41) is 17.8. The minimum absolute atomic E-state index is 0.791. The van der Waals surface area contributed by atoms with Gasteiger partial charge in [-0.1, -0.05) is 60.7 Å². The van der Waals surface area contributed by atoms with Crippen LogP contribution in [0.2, 0.25) is 0 Å². The van der Waals surface area contributed by atoms with Crippen molar-refractivity contribution in [3.05, 3.63) is 114 Å². The molecular formula is C33H35N6+. The van der Waals surface area contributed by atoms with E-state index in [2.05, 4.69) is 102 Å². The van der Waals surface area contributed by atoms with E-state index in [4.69, 9.17) is 0 Å².